The van der Waals surface area contributed by atoms with Gasteiger partial charge in [0.05, 0.1) is 0 Å². The van der Waals surface area contributed by atoms with Gasteiger partial charge in [-0.15, -0.1) is 12.4 Å². The van der Waals surface area contributed by atoms with E-state index in [-0.39, 0.29) is 18.4 Å². The molecule has 0 bridgehead atoms. The van der Waals surface area contributed by atoms with Gasteiger partial charge < -0.3 is 19.0 Å². The Kier molecular flexibility index (Phi) is 25.4. The van der Waals surface area contributed by atoms with Gasteiger partial charge in [-0.3, -0.25) is 0 Å². The molecular formula is C25H56ClNO3Si. The first-order chi connectivity index (χ1) is 14.5. The lowest BCUT2D eigenvalue weighted by Crippen LogP contribution is -2.42. The Bertz CT molecular complexity index is 349. The summed E-state index contributed by atoms with van der Waals surface area (Å²) in [6.45, 7) is 4.42. The Morgan fingerprint density at radius 3 is 1.42 bits per heavy atom. The third-order valence-corrected chi connectivity index (χ3v) is 9.28. The standard InChI is InChI=1S/C25H55NO3Si.ClH/c1-6-7-8-9-10-11-12-13-14-15-16-17-18-20-25(23-24(2)26)21-19-22-30(27-3,28-4)29-5;/h24-25H,6-23,26H2,1-5H3;1H. The van der Waals surface area contributed by atoms with Crippen molar-refractivity contribution in [1.29, 1.82) is 0 Å². The zero-order valence-electron chi connectivity index (χ0n) is 21.6. The van der Waals surface area contributed by atoms with E-state index in [4.69, 9.17) is 19.0 Å². The molecule has 0 radical (unpaired) electrons. The molecule has 31 heavy (non-hydrogen) atoms. The highest BCUT2D eigenvalue weighted by Crippen LogP contribution is 2.25. The van der Waals surface area contributed by atoms with Crippen molar-refractivity contribution in [3.8, 4) is 0 Å². The smallest absolute Gasteiger partial charge is 0.377 e. The quantitative estimate of drug-likeness (QED) is 0.119. The Morgan fingerprint density at radius 1 is 0.645 bits per heavy atom. The first kappa shape index (κ1) is 33.5. The first-order valence-electron chi connectivity index (χ1n) is 12.9. The van der Waals surface area contributed by atoms with Crippen molar-refractivity contribution < 1.29 is 13.3 Å². The van der Waals surface area contributed by atoms with Gasteiger partial charge >= 0.3 is 8.80 Å². The molecule has 0 aliphatic rings. The van der Waals surface area contributed by atoms with Crippen molar-refractivity contribution in [2.45, 2.75) is 135 Å². The van der Waals surface area contributed by atoms with E-state index < -0.39 is 8.80 Å². The Hall–Kier alpha value is 0.347. The zero-order valence-corrected chi connectivity index (χ0v) is 23.4. The van der Waals surface area contributed by atoms with Crippen LogP contribution in [0, 0.1) is 5.92 Å². The van der Waals surface area contributed by atoms with Gasteiger partial charge in [0.15, 0.2) is 0 Å². The van der Waals surface area contributed by atoms with Gasteiger partial charge in [-0.1, -0.05) is 103 Å². The third kappa shape index (κ3) is 19.5. The summed E-state index contributed by atoms with van der Waals surface area (Å²) in [5.74, 6) is 0.718. The number of hydrogen-bond donors (Lipinski definition) is 1. The average Bonchev–Trinajstić information content (AvgIpc) is 2.74. The molecule has 0 amide bonds. The predicted molar refractivity (Wildman–Crippen MR) is 140 cm³/mol. The summed E-state index contributed by atoms with van der Waals surface area (Å²) in [6, 6.07) is 1.18. The topological polar surface area (TPSA) is 53.7 Å². The van der Waals surface area contributed by atoms with E-state index >= 15 is 0 Å². The molecule has 0 aliphatic heterocycles. The molecule has 0 saturated carbocycles. The fraction of sp³-hybridized carbons (Fsp3) is 1.00. The minimum atomic E-state index is -2.43. The van der Waals surface area contributed by atoms with Gasteiger partial charge in [0.25, 0.3) is 0 Å². The Balaban J connectivity index is 0. The fourth-order valence-corrected chi connectivity index (χ4v) is 6.27. The van der Waals surface area contributed by atoms with Crippen molar-refractivity contribution in [2.24, 2.45) is 11.7 Å². The monoisotopic (exact) mass is 481 g/mol. The van der Waals surface area contributed by atoms with E-state index in [2.05, 4.69) is 13.8 Å². The van der Waals surface area contributed by atoms with Crippen LogP contribution in [-0.4, -0.2) is 36.2 Å². The van der Waals surface area contributed by atoms with E-state index in [1.807, 2.05) is 0 Å². The van der Waals surface area contributed by atoms with Crippen LogP contribution in [0.5, 0.6) is 0 Å². The minimum Gasteiger partial charge on any atom is -0.377 e. The van der Waals surface area contributed by atoms with Gasteiger partial charge in [-0.25, -0.2) is 0 Å². The van der Waals surface area contributed by atoms with Crippen LogP contribution in [0.2, 0.25) is 6.04 Å². The fourth-order valence-electron chi connectivity index (χ4n) is 4.52. The van der Waals surface area contributed by atoms with Crippen LogP contribution in [-0.2, 0) is 13.3 Å². The molecule has 0 heterocycles. The summed E-state index contributed by atoms with van der Waals surface area (Å²) in [4.78, 5) is 0. The Morgan fingerprint density at radius 2 is 1.03 bits per heavy atom. The van der Waals surface area contributed by atoms with Gasteiger partial charge in [-0.05, 0) is 25.7 Å². The summed E-state index contributed by atoms with van der Waals surface area (Å²) < 4.78 is 16.7. The van der Waals surface area contributed by atoms with E-state index in [0.29, 0.717) is 0 Å². The van der Waals surface area contributed by atoms with Crippen LogP contribution in [0.15, 0.2) is 0 Å². The normalized spacial score (nSPS) is 13.7. The lowest BCUT2D eigenvalue weighted by Gasteiger charge is -2.25. The lowest BCUT2D eigenvalue weighted by atomic mass is 9.90. The maximum absolute atomic E-state index is 6.11. The minimum absolute atomic E-state index is 0. The van der Waals surface area contributed by atoms with Gasteiger partial charge in [-0.2, -0.15) is 0 Å². The second-order valence-electron chi connectivity index (χ2n) is 9.30. The van der Waals surface area contributed by atoms with Crippen LogP contribution in [0.25, 0.3) is 0 Å². The summed E-state index contributed by atoms with van der Waals surface area (Å²) in [5, 5.41) is 0. The number of rotatable bonds is 23. The maximum Gasteiger partial charge on any atom is 0.500 e. The lowest BCUT2D eigenvalue weighted by molar-refractivity contribution is 0.122. The molecule has 2 atom stereocenters. The molecule has 2 N–H and O–H groups in total. The van der Waals surface area contributed by atoms with E-state index in [0.717, 1.165) is 24.8 Å². The molecule has 190 valence electrons. The second kappa shape index (κ2) is 23.5. The highest BCUT2D eigenvalue weighted by Gasteiger charge is 2.37. The van der Waals surface area contributed by atoms with Gasteiger partial charge in [0.1, 0.15) is 0 Å². The molecule has 0 spiro atoms. The molecule has 0 aromatic carbocycles. The van der Waals surface area contributed by atoms with Crippen molar-refractivity contribution in [3.05, 3.63) is 0 Å². The summed E-state index contributed by atoms with van der Waals surface area (Å²) in [5.41, 5.74) is 6.11. The SMILES string of the molecule is CCCCCCCCCCCCCCCC(CCC[Si](OC)(OC)OC)CC(C)N.Cl. The molecule has 0 rings (SSSR count). The predicted octanol–water partition coefficient (Wildman–Crippen LogP) is 7.90. The first-order valence-corrected chi connectivity index (χ1v) is 14.9. The van der Waals surface area contributed by atoms with Crippen molar-refractivity contribution >= 4 is 21.2 Å². The Labute approximate surface area is 202 Å². The molecule has 2 unspecified atom stereocenters. The average molecular weight is 482 g/mol. The number of unbranched alkanes of at least 4 members (excludes halogenated alkanes) is 12. The van der Waals surface area contributed by atoms with Crippen LogP contribution < -0.4 is 5.73 Å². The van der Waals surface area contributed by atoms with Crippen LogP contribution in [0.4, 0.5) is 0 Å². The second-order valence-corrected chi connectivity index (χ2v) is 12.4. The molecule has 4 nitrogen and oxygen atoms in total. The number of nitrogens with two attached hydrogens (primary N) is 1. The summed E-state index contributed by atoms with van der Waals surface area (Å²) in [7, 11) is 2.67. The van der Waals surface area contributed by atoms with E-state index in [9.17, 15) is 0 Å². The summed E-state index contributed by atoms with van der Waals surface area (Å²) >= 11 is 0. The molecule has 0 fully saturated rings. The van der Waals surface area contributed by atoms with Crippen LogP contribution in [0.1, 0.15) is 123 Å². The van der Waals surface area contributed by atoms with Crippen molar-refractivity contribution in [1.82, 2.24) is 0 Å². The molecule has 0 aromatic rings. The maximum atomic E-state index is 6.11. The number of halogens is 1. The van der Waals surface area contributed by atoms with Crippen molar-refractivity contribution in [2.75, 3.05) is 21.3 Å². The van der Waals surface area contributed by atoms with Crippen LogP contribution in [0.3, 0.4) is 0 Å². The van der Waals surface area contributed by atoms with Gasteiger partial charge in [0, 0.05) is 33.4 Å². The van der Waals surface area contributed by atoms with E-state index in [1.165, 1.54) is 96.3 Å². The van der Waals surface area contributed by atoms with Crippen molar-refractivity contribution in [3.63, 3.8) is 0 Å². The third-order valence-electron chi connectivity index (χ3n) is 6.45. The largest absolute Gasteiger partial charge is 0.500 e. The highest BCUT2D eigenvalue weighted by molar-refractivity contribution is 6.60. The van der Waals surface area contributed by atoms with Crippen LogP contribution >= 0.6 is 12.4 Å². The zero-order chi connectivity index (χ0) is 22.5. The molecule has 0 aliphatic carbocycles. The molecule has 6 heteroatoms. The van der Waals surface area contributed by atoms with E-state index in [1.54, 1.807) is 21.3 Å². The highest BCUT2D eigenvalue weighted by atomic mass is 35.5. The molecular weight excluding hydrogens is 426 g/mol. The van der Waals surface area contributed by atoms with Gasteiger partial charge in [0.2, 0.25) is 0 Å². The summed E-state index contributed by atoms with van der Waals surface area (Å²) in [6.07, 6.45) is 23.1. The molecule has 0 aromatic heterocycles. The number of hydrogen-bond acceptors (Lipinski definition) is 4. The molecule has 0 saturated heterocycles.